The Bertz CT molecular complexity index is 1280. The van der Waals surface area contributed by atoms with E-state index in [-0.39, 0.29) is 0 Å². The maximum absolute atomic E-state index is 2.49. The monoisotopic (exact) mass is 396 g/mol. The molecular weight excluding hydrogens is 370 g/mol. The molecule has 29 heavy (non-hydrogen) atoms. The summed E-state index contributed by atoms with van der Waals surface area (Å²) in [6.07, 6.45) is 9.13. The first-order valence-electron chi connectivity index (χ1n) is 10.8. The van der Waals surface area contributed by atoms with Crippen molar-refractivity contribution in [2.24, 2.45) is 13.0 Å². The van der Waals surface area contributed by atoms with Crippen LogP contribution in [-0.4, -0.2) is 0 Å². The van der Waals surface area contributed by atoms with Gasteiger partial charge in [-0.15, -0.1) is 0 Å². The first-order chi connectivity index (χ1) is 14.2. The average molecular weight is 397 g/mol. The van der Waals surface area contributed by atoms with E-state index in [1.807, 2.05) is 11.8 Å². The standard InChI is InChI=1S/C27H26NS/c1-17-22-10-6-5-9-20(22)16-24-25(17)27-26-21(11-12-28(27)2)14-19(15-23(26)29-24)13-18-7-3-4-8-18/h5-6,9-12,14-16,18H,3-4,7-8,13H2,1-2H3/q+1. The van der Waals surface area contributed by atoms with E-state index in [1.54, 1.807) is 0 Å². The van der Waals surface area contributed by atoms with E-state index >= 15 is 0 Å². The Kier molecular flexibility index (Phi) is 3.99. The molecule has 1 saturated carbocycles. The molecule has 0 radical (unpaired) electrons. The second-order valence-electron chi connectivity index (χ2n) is 8.89. The molecule has 1 aliphatic carbocycles. The summed E-state index contributed by atoms with van der Waals surface area (Å²) in [5.41, 5.74) is 5.71. The van der Waals surface area contributed by atoms with Crippen molar-refractivity contribution in [3.63, 3.8) is 0 Å². The summed E-state index contributed by atoms with van der Waals surface area (Å²) < 4.78 is 2.32. The maximum Gasteiger partial charge on any atom is 0.222 e. The topological polar surface area (TPSA) is 3.88 Å². The lowest BCUT2D eigenvalue weighted by atomic mass is 9.92. The molecule has 0 saturated heterocycles. The van der Waals surface area contributed by atoms with Crippen molar-refractivity contribution in [2.45, 2.75) is 48.8 Å². The highest BCUT2D eigenvalue weighted by Gasteiger charge is 2.29. The first kappa shape index (κ1) is 17.5. The van der Waals surface area contributed by atoms with Crippen LogP contribution in [0.4, 0.5) is 0 Å². The lowest BCUT2D eigenvalue weighted by Crippen LogP contribution is -2.31. The van der Waals surface area contributed by atoms with Crippen LogP contribution in [0.3, 0.4) is 0 Å². The predicted molar refractivity (Wildman–Crippen MR) is 123 cm³/mol. The minimum absolute atomic E-state index is 0.881. The highest BCUT2D eigenvalue weighted by molar-refractivity contribution is 7.99. The molecule has 1 fully saturated rings. The summed E-state index contributed by atoms with van der Waals surface area (Å²) in [6.45, 7) is 2.29. The lowest BCUT2D eigenvalue weighted by Gasteiger charge is -2.22. The second-order valence-corrected chi connectivity index (χ2v) is 9.97. The van der Waals surface area contributed by atoms with E-state index in [0.717, 1.165) is 5.92 Å². The Balaban J connectivity index is 1.61. The van der Waals surface area contributed by atoms with Crippen LogP contribution in [0.15, 0.2) is 64.5 Å². The quantitative estimate of drug-likeness (QED) is 0.291. The van der Waals surface area contributed by atoms with Crippen molar-refractivity contribution in [1.29, 1.82) is 0 Å². The van der Waals surface area contributed by atoms with Gasteiger partial charge in [-0.2, -0.15) is 0 Å². The average Bonchev–Trinajstić information content (AvgIpc) is 3.23. The van der Waals surface area contributed by atoms with Crippen LogP contribution < -0.4 is 4.57 Å². The van der Waals surface area contributed by atoms with Crippen LogP contribution in [0.2, 0.25) is 0 Å². The number of fused-ring (bicyclic) bond motifs is 3. The Labute approximate surface area is 176 Å². The smallest absolute Gasteiger partial charge is 0.200 e. The molecule has 1 nitrogen and oxygen atoms in total. The third kappa shape index (κ3) is 2.73. The molecule has 1 aliphatic heterocycles. The van der Waals surface area contributed by atoms with Crippen molar-refractivity contribution in [3.8, 4) is 11.3 Å². The maximum atomic E-state index is 2.49. The summed E-state index contributed by atoms with van der Waals surface area (Å²) >= 11 is 1.97. The molecule has 1 aromatic heterocycles. The Morgan fingerprint density at radius 2 is 1.79 bits per heavy atom. The molecule has 2 aliphatic rings. The van der Waals surface area contributed by atoms with Crippen LogP contribution in [0, 0.1) is 12.8 Å². The largest absolute Gasteiger partial charge is 0.222 e. The number of hydrogen-bond donors (Lipinski definition) is 0. The van der Waals surface area contributed by atoms with Crippen molar-refractivity contribution < 1.29 is 4.57 Å². The summed E-state index contributed by atoms with van der Waals surface area (Å²) in [7, 11) is 2.19. The molecule has 3 aromatic carbocycles. The van der Waals surface area contributed by atoms with E-state index in [9.17, 15) is 0 Å². The number of aromatic nitrogens is 1. The van der Waals surface area contributed by atoms with Gasteiger partial charge in [0.05, 0.1) is 10.9 Å². The molecule has 2 heterocycles. The molecule has 144 valence electrons. The second kappa shape index (κ2) is 6.60. The van der Waals surface area contributed by atoms with Gasteiger partial charge < -0.3 is 0 Å². The van der Waals surface area contributed by atoms with Crippen molar-refractivity contribution >= 4 is 33.3 Å². The lowest BCUT2D eigenvalue weighted by molar-refractivity contribution is -0.659. The van der Waals surface area contributed by atoms with Crippen molar-refractivity contribution in [3.05, 3.63) is 65.9 Å². The number of rotatable bonds is 2. The van der Waals surface area contributed by atoms with Gasteiger partial charge in [-0.25, -0.2) is 4.57 Å². The third-order valence-electron chi connectivity index (χ3n) is 6.99. The van der Waals surface area contributed by atoms with Gasteiger partial charge in [-0.05, 0) is 58.7 Å². The van der Waals surface area contributed by atoms with Gasteiger partial charge in [0.1, 0.15) is 7.05 Å². The fourth-order valence-electron chi connectivity index (χ4n) is 5.56. The zero-order chi connectivity index (χ0) is 19.5. The number of benzene rings is 3. The Hall–Kier alpha value is -2.32. The third-order valence-corrected chi connectivity index (χ3v) is 8.07. The van der Waals surface area contributed by atoms with Crippen LogP contribution >= 0.6 is 11.8 Å². The van der Waals surface area contributed by atoms with Gasteiger partial charge >= 0.3 is 0 Å². The van der Waals surface area contributed by atoms with Crippen LogP contribution in [0.25, 0.3) is 32.8 Å². The molecule has 0 spiro atoms. The minimum atomic E-state index is 0.881. The van der Waals surface area contributed by atoms with E-state index in [4.69, 9.17) is 0 Å². The highest BCUT2D eigenvalue weighted by Crippen LogP contribution is 2.49. The molecule has 0 bridgehead atoms. The van der Waals surface area contributed by atoms with Gasteiger partial charge in [0, 0.05) is 15.9 Å². The first-order valence-corrected chi connectivity index (χ1v) is 11.7. The summed E-state index contributed by atoms with van der Waals surface area (Å²) in [4.78, 5) is 2.83. The fourth-order valence-corrected chi connectivity index (χ4v) is 6.86. The zero-order valence-electron chi connectivity index (χ0n) is 17.2. The molecule has 4 aromatic rings. The molecule has 0 amide bonds. The number of hydrogen-bond acceptors (Lipinski definition) is 1. The molecular formula is C27H26NS+. The Morgan fingerprint density at radius 1 is 0.966 bits per heavy atom. The Morgan fingerprint density at radius 3 is 2.66 bits per heavy atom. The van der Waals surface area contributed by atoms with Crippen LogP contribution in [0.5, 0.6) is 0 Å². The van der Waals surface area contributed by atoms with Crippen molar-refractivity contribution in [2.75, 3.05) is 0 Å². The van der Waals surface area contributed by atoms with E-state index in [0.29, 0.717) is 0 Å². The number of nitrogens with zero attached hydrogens (tertiary/aromatic N) is 1. The van der Waals surface area contributed by atoms with Gasteiger partial charge in [0.2, 0.25) is 5.69 Å². The van der Waals surface area contributed by atoms with Crippen LogP contribution in [0.1, 0.15) is 36.8 Å². The normalized spacial score (nSPS) is 15.9. The molecule has 2 heteroatoms. The van der Waals surface area contributed by atoms with Crippen LogP contribution in [-0.2, 0) is 13.5 Å². The highest BCUT2D eigenvalue weighted by atomic mass is 32.2. The summed E-state index contributed by atoms with van der Waals surface area (Å²) in [5.74, 6) is 0.881. The van der Waals surface area contributed by atoms with Gasteiger partial charge in [-0.1, -0.05) is 67.8 Å². The van der Waals surface area contributed by atoms with Crippen molar-refractivity contribution in [1.82, 2.24) is 0 Å². The summed E-state index contributed by atoms with van der Waals surface area (Å²) in [5, 5.41) is 5.54. The number of pyridine rings is 1. The minimum Gasteiger partial charge on any atom is -0.200 e. The zero-order valence-corrected chi connectivity index (χ0v) is 18.0. The van der Waals surface area contributed by atoms with Gasteiger partial charge in [-0.3, -0.25) is 0 Å². The van der Waals surface area contributed by atoms with Gasteiger partial charge in [0.25, 0.3) is 0 Å². The number of aryl methyl sites for hydroxylation is 2. The fraction of sp³-hybridized carbons (Fsp3) is 0.296. The van der Waals surface area contributed by atoms with E-state index in [2.05, 4.69) is 73.3 Å². The SMILES string of the molecule is Cc1c2c(cc3ccccc13)Sc1cc(CC3CCCC3)cc3cc[n+](C)c-2c13. The van der Waals surface area contributed by atoms with Gasteiger partial charge in [0.15, 0.2) is 6.20 Å². The summed E-state index contributed by atoms with van der Waals surface area (Å²) in [6, 6.07) is 18.5. The van der Waals surface area contributed by atoms with E-state index in [1.165, 1.54) is 85.8 Å². The molecule has 6 rings (SSSR count). The molecule has 0 unspecified atom stereocenters. The molecule has 0 N–H and O–H groups in total. The van der Waals surface area contributed by atoms with E-state index < -0.39 is 0 Å². The molecule has 0 atom stereocenters. The predicted octanol–water partition coefficient (Wildman–Crippen LogP) is 6.99.